The minimum atomic E-state index is 0.238. The first kappa shape index (κ1) is 16.1. The average molecular weight is 293 g/mol. The Morgan fingerprint density at radius 1 is 1.19 bits per heavy atom. The summed E-state index contributed by atoms with van der Waals surface area (Å²) in [5.74, 6) is 2.34. The number of methoxy groups -OCH3 is 3. The molecular formula is C17H27NO3. The molecule has 4 heteroatoms. The lowest BCUT2D eigenvalue weighted by Gasteiger charge is -2.20. The van der Waals surface area contributed by atoms with Gasteiger partial charge in [0.05, 0.1) is 20.8 Å². The van der Waals surface area contributed by atoms with Crippen molar-refractivity contribution in [3.8, 4) is 11.5 Å². The highest BCUT2D eigenvalue weighted by atomic mass is 16.5. The monoisotopic (exact) mass is 293 g/mol. The smallest absolute Gasteiger partial charge is 0.161 e. The minimum Gasteiger partial charge on any atom is -0.493 e. The van der Waals surface area contributed by atoms with Crippen LogP contribution in [0.5, 0.6) is 11.5 Å². The highest BCUT2D eigenvalue weighted by Gasteiger charge is 2.53. The lowest BCUT2D eigenvalue weighted by atomic mass is 9.91. The van der Waals surface area contributed by atoms with Gasteiger partial charge in [-0.3, -0.25) is 0 Å². The molecule has 118 valence electrons. The van der Waals surface area contributed by atoms with E-state index in [0.29, 0.717) is 0 Å². The quantitative estimate of drug-likeness (QED) is 0.711. The molecule has 1 N–H and O–H groups in total. The molecule has 0 heterocycles. The molecule has 0 radical (unpaired) electrons. The van der Waals surface area contributed by atoms with Gasteiger partial charge in [0.1, 0.15) is 0 Å². The van der Waals surface area contributed by atoms with Gasteiger partial charge < -0.3 is 19.5 Å². The largest absolute Gasteiger partial charge is 0.493 e. The molecule has 2 atom stereocenters. The fourth-order valence-corrected chi connectivity index (χ4v) is 3.22. The maximum absolute atomic E-state index is 5.45. The maximum atomic E-state index is 5.45. The van der Waals surface area contributed by atoms with Crippen LogP contribution >= 0.6 is 0 Å². The van der Waals surface area contributed by atoms with Gasteiger partial charge in [-0.2, -0.15) is 0 Å². The highest BCUT2D eigenvalue weighted by molar-refractivity contribution is 5.47. The second-order valence-corrected chi connectivity index (χ2v) is 5.70. The van der Waals surface area contributed by atoms with Gasteiger partial charge in [-0.1, -0.05) is 19.4 Å². The Bertz CT molecular complexity index is 463. The standard InChI is InChI=1S/C17H27NO3/c1-5-13-11-17(13,12-18-8-9-19-2)14-6-7-15(20-3)16(10-14)21-4/h6-7,10,13,18H,5,8-9,11-12H2,1-4H3. The zero-order valence-electron chi connectivity index (χ0n) is 13.6. The molecule has 0 spiro atoms. The Labute approximate surface area is 127 Å². The molecule has 1 aromatic rings. The summed E-state index contributed by atoms with van der Waals surface area (Å²) in [6, 6.07) is 6.32. The Morgan fingerprint density at radius 3 is 2.52 bits per heavy atom. The summed E-state index contributed by atoms with van der Waals surface area (Å²) in [5, 5.41) is 3.52. The number of hydrogen-bond donors (Lipinski definition) is 1. The van der Waals surface area contributed by atoms with E-state index in [0.717, 1.165) is 37.1 Å². The summed E-state index contributed by atoms with van der Waals surface area (Å²) in [4.78, 5) is 0. The van der Waals surface area contributed by atoms with Crippen molar-refractivity contribution in [2.75, 3.05) is 41.0 Å². The van der Waals surface area contributed by atoms with E-state index in [2.05, 4.69) is 24.4 Å². The normalized spacial score (nSPS) is 23.9. The van der Waals surface area contributed by atoms with Gasteiger partial charge in [0.25, 0.3) is 0 Å². The molecule has 2 rings (SSSR count). The summed E-state index contributed by atoms with van der Waals surface area (Å²) in [7, 11) is 5.10. The Kier molecular flexibility index (Phi) is 5.48. The molecule has 0 bridgehead atoms. The van der Waals surface area contributed by atoms with E-state index in [1.54, 1.807) is 21.3 Å². The van der Waals surface area contributed by atoms with Crippen LogP contribution < -0.4 is 14.8 Å². The van der Waals surface area contributed by atoms with Gasteiger partial charge >= 0.3 is 0 Å². The lowest BCUT2D eigenvalue weighted by Crippen LogP contribution is -2.31. The molecule has 2 unspecified atom stereocenters. The van der Waals surface area contributed by atoms with E-state index in [-0.39, 0.29) is 5.41 Å². The first-order chi connectivity index (χ1) is 10.2. The van der Waals surface area contributed by atoms with Crippen LogP contribution in [0.15, 0.2) is 18.2 Å². The predicted molar refractivity (Wildman–Crippen MR) is 84.4 cm³/mol. The molecule has 1 aliphatic rings. The number of rotatable bonds is 9. The molecular weight excluding hydrogens is 266 g/mol. The summed E-state index contributed by atoms with van der Waals surface area (Å²) >= 11 is 0. The third-order valence-electron chi connectivity index (χ3n) is 4.61. The fraction of sp³-hybridized carbons (Fsp3) is 0.647. The third-order valence-corrected chi connectivity index (χ3v) is 4.61. The van der Waals surface area contributed by atoms with Crippen LogP contribution in [0.3, 0.4) is 0 Å². The van der Waals surface area contributed by atoms with Crippen molar-refractivity contribution in [2.24, 2.45) is 5.92 Å². The van der Waals surface area contributed by atoms with Gasteiger partial charge in [-0.05, 0) is 30.0 Å². The molecule has 4 nitrogen and oxygen atoms in total. The van der Waals surface area contributed by atoms with E-state index in [1.165, 1.54) is 18.4 Å². The predicted octanol–water partition coefficient (Wildman–Crippen LogP) is 2.61. The van der Waals surface area contributed by atoms with Crippen molar-refractivity contribution in [3.63, 3.8) is 0 Å². The molecule has 21 heavy (non-hydrogen) atoms. The van der Waals surface area contributed by atoms with E-state index >= 15 is 0 Å². The summed E-state index contributed by atoms with van der Waals surface area (Å²) < 4.78 is 15.9. The van der Waals surface area contributed by atoms with Crippen LogP contribution in [0.25, 0.3) is 0 Å². The van der Waals surface area contributed by atoms with Gasteiger partial charge in [0, 0.05) is 25.6 Å². The Hall–Kier alpha value is -1.26. The average Bonchev–Trinajstić information content (AvgIpc) is 3.25. The molecule has 1 aliphatic carbocycles. The molecule has 1 aromatic carbocycles. The van der Waals surface area contributed by atoms with E-state index < -0.39 is 0 Å². The lowest BCUT2D eigenvalue weighted by molar-refractivity contribution is 0.198. The Morgan fingerprint density at radius 2 is 1.95 bits per heavy atom. The molecule has 1 saturated carbocycles. The van der Waals surface area contributed by atoms with Crippen LogP contribution in [0.2, 0.25) is 0 Å². The number of hydrogen-bond acceptors (Lipinski definition) is 4. The summed E-state index contributed by atoms with van der Waals surface area (Å²) in [6.45, 7) is 4.90. The zero-order chi connectivity index (χ0) is 15.3. The SMILES string of the molecule is CCC1CC1(CNCCOC)c1ccc(OC)c(OC)c1. The van der Waals surface area contributed by atoms with Crippen LogP contribution in [0, 0.1) is 5.92 Å². The Balaban J connectivity index is 2.15. The van der Waals surface area contributed by atoms with Crippen molar-refractivity contribution >= 4 is 0 Å². The topological polar surface area (TPSA) is 39.7 Å². The second-order valence-electron chi connectivity index (χ2n) is 5.70. The molecule has 0 aliphatic heterocycles. The minimum absolute atomic E-state index is 0.238. The van der Waals surface area contributed by atoms with E-state index in [9.17, 15) is 0 Å². The van der Waals surface area contributed by atoms with Gasteiger partial charge in [0.2, 0.25) is 0 Å². The summed E-state index contributed by atoms with van der Waals surface area (Å²) in [6.07, 6.45) is 2.44. The third kappa shape index (κ3) is 3.33. The second kappa shape index (κ2) is 7.14. The van der Waals surface area contributed by atoms with Crippen LogP contribution in [0.4, 0.5) is 0 Å². The van der Waals surface area contributed by atoms with Gasteiger partial charge in [-0.15, -0.1) is 0 Å². The molecule has 1 fully saturated rings. The van der Waals surface area contributed by atoms with E-state index in [1.807, 2.05) is 6.07 Å². The van der Waals surface area contributed by atoms with Gasteiger partial charge in [0.15, 0.2) is 11.5 Å². The fourth-order valence-electron chi connectivity index (χ4n) is 3.22. The first-order valence-electron chi connectivity index (χ1n) is 7.64. The van der Waals surface area contributed by atoms with Crippen LogP contribution in [0.1, 0.15) is 25.3 Å². The van der Waals surface area contributed by atoms with Crippen molar-refractivity contribution in [3.05, 3.63) is 23.8 Å². The molecule has 0 saturated heterocycles. The highest BCUT2D eigenvalue weighted by Crippen LogP contribution is 2.56. The molecule has 0 amide bonds. The number of benzene rings is 1. The van der Waals surface area contributed by atoms with Gasteiger partial charge in [-0.25, -0.2) is 0 Å². The molecule has 0 aromatic heterocycles. The maximum Gasteiger partial charge on any atom is 0.161 e. The van der Waals surface area contributed by atoms with Crippen LogP contribution in [-0.2, 0) is 10.2 Å². The zero-order valence-corrected chi connectivity index (χ0v) is 13.6. The van der Waals surface area contributed by atoms with Crippen LogP contribution in [-0.4, -0.2) is 41.0 Å². The van der Waals surface area contributed by atoms with E-state index in [4.69, 9.17) is 14.2 Å². The summed E-state index contributed by atoms with van der Waals surface area (Å²) in [5.41, 5.74) is 1.58. The number of nitrogens with one attached hydrogen (secondary N) is 1. The van der Waals surface area contributed by atoms with Crippen molar-refractivity contribution in [1.29, 1.82) is 0 Å². The van der Waals surface area contributed by atoms with Crippen molar-refractivity contribution in [1.82, 2.24) is 5.32 Å². The first-order valence-corrected chi connectivity index (χ1v) is 7.64. The van der Waals surface area contributed by atoms with Crippen molar-refractivity contribution < 1.29 is 14.2 Å². The van der Waals surface area contributed by atoms with Crippen molar-refractivity contribution in [2.45, 2.75) is 25.2 Å². The number of ether oxygens (including phenoxy) is 3.